The van der Waals surface area contributed by atoms with Crippen LogP contribution in [0.1, 0.15) is 0 Å². The van der Waals surface area contributed by atoms with Crippen LogP contribution in [0.5, 0.6) is 0 Å². The van der Waals surface area contributed by atoms with Crippen molar-refractivity contribution in [1.29, 1.82) is 0 Å². The molecule has 0 aliphatic carbocycles. The van der Waals surface area contributed by atoms with Crippen LogP contribution in [0.2, 0.25) is 0 Å². The van der Waals surface area contributed by atoms with E-state index in [1.54, 1.807) is 28.8 Å². The third-order valence-corrected chi connectivity index (χ3v) is 2.77. The van der Waals surface area contributed by atoms with Crippen molar-refractivity contribution in [3.63, 3.8) is 0 Å². The molecule has 0 aliphatic heterocycles. The van der Waals surface area contributed by atoms with Crippen LogP contribution in [0.25, 0.3) is 16.9 Å². The quantitative estimate of drug-likeness (QED) is 0.716. The molecule has 0 unspecified atom stereocenters. The van der Waals surface area contributed by atoms with Gasteiger partial charge in [0.1, 0.15) is 28.8 Å². The third-order valence-electron chi connectivity index (χ3n) is 2.77. The average Bonchev–Trinajstić information content (AvgIpc) is 2.68. The van der Waals surface area contributed by atoms with E-state index in [0.29, 0.717) is 5.65 Å². The SMILES string of the molecule is Nc1c(-c2c(F)cccc2F)nc2ccccn12. The number of halogens is 2. The fourth-order valence-corrected chi connectivity index (χ4v) is 1.92. The molecule has 0 bridgehead atoms. The molecule has 0 radical (unpaired) electrons. The Morgan fingerprint density at radius 3 is 2.39 bits per heavy atom. The Morgan fingerprint density at radius 2 is 1.72 bits per heavy atom. The lowest BCUT2D eigenvalue weighted by molar-refractivity contribution is 0.589. The summed E-state index contributed by atoms with van der Waals surface area (Å²) in [5.41, 5.74) is 6.35. The highest BCUT2D eigenvalue weighted by atomic mass is 19.1. The monoisotopic (exact) mass is 245 g/mol. The molecule has 0 atom stereocenters. The van der Waals surface area contributed by atoms with Crippen molar-refractivity contribution in [3.05, 3.63) is 54.2 Å². The summed E-state index contributed by atoms with van der Waals surface area (Å²) in [6.07, 6.45) is 1.69. The Balaban J connectivity index is 2.36. The maximum atomic E-state index is 13.7. The van der Waals surface area contributed by atoms with E-state index in [-0.39, 0.29) is 17.1 Å². The molecule has 2 aromatic heterocycles. The van der Waals surface area contributed by atoms with E-state index in [0.717, 1.165) is 0 Å². The van der Waals surface area contributed by atoms with Crippen LogP contribution in [0.4, 0.5) is 14.6 Å². The van der Waals surface area contributed by atoms with Gasteiger partial charge in [0.2, 0.25) is 0 Å². The number of imidazole rings is 1. The average molecular weight is 245 g/mol. The summed E-state index contributed by atoms with van der Waals surface area (Å²) in [4.78, 5) is 4.16. The third kappa shape index (κ3) is 1.44. The van der Waals surface area contributed by atoms with E-state index >= 15 is 0 Å². The lowest BCUT2D eigenvalue weighted by atomic mass is 10.1. The van der Waals surface area contributed by atoms with E-state index in [9.17, 15) is 8.78 Å². The summed E-state index contributed by atoms with van der Waals surface area (Å²) in [5, 5.41) is 0. The van der Waals surface area contributed by atoms with Crippen molar-refractivity contribution in [1.82, 2.24) is 9.38 Å². The predicted octanol–water partition coefficient (Wildman–Crippen LogP) is 2.86. The van der Waals surface area contributed by atoms with Gasteiger partial charge in [-0.1, -0.05) is 12.1 Å². The van der Waals surface area contributed by atoms with Crippen molar-refractivity contribution >= 4 is 11.5 Å². The lowest BCUT2D eigenvalue weighted by Gasteiger charge is -2.02. The van der Waals surface area contributed by atoms with E-state index in [1.165, 1.54) is 18.2 Å². The summed E-state index contributed by atoms with van der Waals surface area (Å²) in [6.45, 7) is 0. The molecule has 3 nitrogen and oxygen atoms in total. The predicted molar refractivity (Wildman–Crippen MR) is 65.0 cm³/mol. The molecule has 0 saturated carbocycles. The molecule has 90 valence electrons. The molecule has 3 rings (SSSR count). The number of fused-ring (bicyclic) bond motifs is 1. The van der Waals surface area contributed by atoms with Crippen LogP contribution in [-0.4, -0.2) is 9.38 Å². The first-order chi connectivity index (χ1) is 8.68. The number of nitrogens with zero attached hydrogens (tertiary/aromatic N) is 2. The Bertz CT molecular complexity index is 714. The highest BCUT2D eigenvalue weighted by Crippen LogP contribution is 2.30. The number of hydrogen-bond donors (Lipinski definition) is 1. The number of rotatable bonds is 1. The van der Waals surface area contributed by atoms with Crippen LogP contribution < -0.4 is 5.73 Å². The minimum Gasteiger partial charge on any atom is -0.383 e. The minimum absolute atomic E-state index is 0.122. The normalized spacial score (nSPS) is 11.0. The van der Waals surface area contributed by atoms with Gasteiger partial charge >= 0.3 is 0 Å². The first-order valence-electron chi connectivity index (χ1n) is 5.35. The maximum absolute atomic E-state index is 13.7. The number of pyridine rings is 1. The van der Waals surface area contributed by atoms with Gasteiger partial charge in [-0.25, -0.2) is 13.8 Å². The molecule has 18 heavy (non-hydrogen) atoms. The Labute approximate surface area is 101 Å². The van der Waals surface area contributed by atoms with Gasteiger partial charge in [0, 0.05) is 6.20 Å². The standard InChI is InChI=1S/C13H9F2N3/c14-8-4-3-5-9(15)11(8)12-13(16)18-7-2-1-6-10(18)17-12/h1-7H,16H2. The number of nitrogen functional groups attached to an aromatic ring is 1. The first kappa shape index (κ1) is 10.7. The van der Waals surface area contributed by atoms with Gasteiger partial charge in [-0.05, 0) is 24.3 Å². The van der Waals surface area contributed by atoms with E-state index in [2.05, 4.69) is 4.98 Å². The van der Waals surface area contributed by atoms with E-state index in [1.807, 2.05) is 0 Å². The molecular formula is C13H9F2N3. The second kappa shape index (κ2) is 3.80. The van der Waals surface area contributed by atoms with Gasteiger partial charge in [0.25, 0.3) is 0 Å². The maximum Gasteiger partial charge on any atom is 0.139 e. The molecule has 0 amide bonds. The van der Waals surface area contributed by atoms with Crippen molar-refractivity contribution in [2.45, 2.75) is 0 Å². The largest absolute Gasteiger partial charge is 0.383 e. The molecule has 0 saturated heterocycles. The second-order valence-corrected chi connectivity index (χ2v) is 3.87. The first-order valence-corrected chi connectivity index (χ1v) is 5.35. The van der Waals surface area contributed by atoms with Crippen molar-refractivity contribution in [3.8, 4) is 11.3 Å². The molecule has 2 N–H and O–H groups in total. The number of anilines is 1. The lowest BCUT2D eigenvalue weighted by Crippen LogP contribution is -1.96. The van der Waals surface area contributed by atoms with Gasteiger partial charge in [0.05, 0.1) is 5.56 Å². The highest BCUT2D eigenvalue weighted by molar-refractivity contribution is 5.75. The van der Waals surface area contributed by atoms with Gasteiger partial charge < -0.3 is 5.73 Å². The number of hydrogen-bond acceptors (Lipinski definition) is 2. The fraction of sp³-hybridized carbons (Fsp3) is 0. The van der Waals surface area contributed by atoms with Gasteiger partial charge in [-0.3, -0.25) is 4.40 Å². The number of aromatic nitrogens is 2. The van der Waals surface area contributed by atoms with E-state index in [4.69, 9.17) is 5.73 Å². The van der Waals surface area contributed by atoms with Crippen molar-refractivity contribution in [2.75, 3.05) is 5.73 Å². The van der Waals surface area contributed by atoms with Crippen molar-refractivity contribution < 1.29 is 8.78 Å². The van der Waals surface area contributed by atoms with Gasteiger partial charge in [-0.2, -0.15) is 0 Å². The molecular weight excluding hydrogens is 236 g/mol. The summed E-state index contributed by atoms with van der Waals surface area (Å²) < 4.78 is 29.0. The molecule has 2 heterocycles. The van der Waals surface area contributed by atoms with Gasteiger partial charge in [-0.15, -0.1) is 0 Å². The zero-order chi connectivity index (χ0) is 12.7. The number of nitrogens with two attached hydrogens (primary N) is 1. The molecule has 0 spiro atoms. The van der Waals surface area contributed by atoms with Crippen LogP contribution in [0, 0.1) is 11.6 Å². The highest BCUT2D eigenvalue weighted by Gasteiger charge is 2.18. The molecule has 0 fully saturated rings. The fourth-order valence-electron chi connectivity index (χ4n) is 1.92. The summed E-state index contributed by atoms with van der Waals surface area (Å²) in [7, 11) is 0. The van der Waals surface area contributed by atoms with E-state index < -0.39 is 11.6 Å². The minimum atomic E-state index is -0.676. The molecule has 1 aromatic carbocycles. The molecule has 5 heteroatoms. The van der Waals surface area contributed by atoms with Crippen LogP contribution in [-0.2, 0) is 0 Å². The Hall–Kier alpha value is -2.43. The van der Waals surface area contributed by atoms with Crippen LogP contribution in [0.15, 0.2) is 42.6 Å². The zero-order valence-corrected chi connectivity index (χ0v) is 9.27. The zero-order valence-electron chi connectivity index (χ0n) is 9.27. The number of benzene rings is 1. The Morgan fingerprint density at radius 1 is 1.00 bits per heavy atom. The van der Waals surface area contributed by atoms with Crippen LogP contribution >= 0.6 is 0 Å². The summed E-state index contributed by atoms with van der Waals surface area (Å²) >= 11 is 0. The molecule has 3 aromatic rings. The van der Waals surface area contributed by atoms with Crippen molar-refractivity contribution in [2.24, 2.45) is 0 Å². The molecule has 0 aliphatic rings. The second-order valence-electron chi connectivity index (χ2n) is 3.87. The van der Waals surface area contributed by atoms with Gasteiger partial charge in [0.15, 0.2) is 0 Å². The summed E-state index contributed by atoms with van der Waals surface area (Å²) in [5.74, 6) is -1.13. The summed E-state index contributed by atoms with van der Waals surface area (Å²) in [6, 6.07) is 8.94. The Kier molecular flexibility index (Phi) is 2.26. The topological polar surface area (TPSA) is 43.3 Å². The smallest absolute Gasteiger partial charge is 0.139 e. The van der Waals surface area contributed by atoms with Crippen LogP contribution in [0.3, 0.4) is 0 Å².